The van der Waals surface area contributed by atoms with Crippen LogP contribution in [0.4, 0.5) is 5.82 Å². The first kappa shape index (κ1) is 27.1. The summed E-state index contributed by atoms with van der Waals surface area (Å²) in [7, 11) is -4.10. The molecular weight excluding hydrogens is 550 g/mol. The average Bonchev–Trinajstić information content (AvgIpc) is 3.44. The second kappa shape index (κ2) is 11.0. The maximum Gasteiger partial charge on any atom is 0.333 e. The fraction of sp³-hybridized carbons (Fsp3) is 0.400. The Morgan fingerprint density at radius 3 is 2.92 bits per heavy atom. The summed E-state index contributed by atoms with van der Waals surface area (Å²) in [5, 5.41) is 23.0. The molecule has 202 valence electrons. The molecule has 13 heteroatoms. The van der Waals surface area contributed by atoms with E-state index >= 15 is 0 Å². The van der Waals surface area contributed by atoms with E-state index in [2.05, 4.69) is 30.9 Å². The number of halogens is 1. The van der Waals surface area contributed by atoms with Gasteiger partial charge in [0.05, 0.1) is 35.2 Å². The number of aliphatic hydroxyl groups is 1. The number of nitrogens with one attached hydrogen (secondary N) is 2. The Morgan fingerprint density at radius 1 is 1.32 bits per heavy atom. The lowest BCUT2D eigenvalue weighted by molar-refractivity contribution is 0.0936. The average molecular weight is 578 g/mol. The van der Waals surface area contributed by atoms with Crippen molar-refractivity contribution in [3.8, 4) is 0 Å². The summed E-state index contributed by atoms with van der Waals surface area (Å²) in [5.74, 6) is -0.340. The summed E-state index contributed by atoms with van der Waals surface area (Å²) in [6.07, 6.45) is 3.86. The van der Waals surface area contributed by atoms with Crippen LogP contribution in [-0.2, 0) is 20.9 Å². The zero-order valence-electron chi connectivity index (χ0n) is 20.6. The highest BCUT2D eigenvalue weighted by molar-refractivity contribution is 7.84. The molecule has 1 aliphatic carbocycles. The highest BCUT2D eigenvalue weighted by Crippen LogP contribution is 2.37. The molecule has 3 aromatic rings. The number of thiophene rings is 1. The minimum atomic E-state index is -4.10. The summed E-state index contributed by atoms with van der Waals surface area (Å²) in [4.78, 5) is 23.5. The zero-order valence-corrected chi connectivity index (χ0v) is 22.9. The lowest BCUT2D eigenvalue weighted by atomic mass is 9.90. The Bertz CT molecular complexity index is 1460. The summed E-state index contributed by atoms with van der Waals surface area (Å²) in [6, 6.07) is 7.34. The van der Waals surface area contributed by atoms with Crippen LogP contribution in [0.5, 0.6) is 0 Å². The molecule has 1 fully saturated rings. The molecule has 0 radical (unpaired) electrons. The van der Waals surface area contributed by atoms with Crippen molar-refractivity contribution in [3.05, 3.63) is 73.8 Å². The summed E-state index contributed by atoms with van der Waals surface area (Å²) in [6.45, 7) is 2.61. The van der Waals surface area contributed by atoms with E-state index in [4.69, 9.17) is 16.7 Å². The van der Waals surface area contributed by atoms with Gasteiger partial charge in [-0.3, -0.25) is 8.98 Å². The summed E-state index contributed by atoms with van der Waals surface area (Å²) in [5.41, 5.74) is 3.67. The first-order chi connectivity index (χ1) is 18.1. The molecule has 1 unspecified atom stereocenters. The maximum absolute atomic E-state index is 13.6. The molecule has 1 aromatic carbocycles. The Labute approximate surface area is 229 Å². The standard InChI is InChI=1S/C25H28ClN5O5S2/c1-13-17(22-18-8-16(26)4-2-14(18)6-7-29-22)9-21(37-13)24(33)19-10-28-12-30-25(19)31-20-5-3-15(23(20)32)11-36-38(27,34)35/h2,4,8-10,12,15,20,22-23,29,32H,3,5-7,11H2,1H3,(H2,27,34,35)(H,28,30,31)/t15-,20?,22+,23-/m1/s1. The van der Waals surface area contributed by atoms with Crippen molar-refractivity contribution in [1.29, 1.82) is 0 Å². The van der Waals surface area contributed by atoms with Crippen LogP contribution in [-0.4, -0.2) is 54.6 Å². The molecule has 2 aliphatic rings. The van der Waals surface area contributed by atoms with Gasteiger partial charge in [0.15, 0.2) is 0 Å². The Kier molecular flexibility index (Phi) is 7.83. The van der Waals surface area contributed by atoms with Gasteiger partial charge in [0.25, 0.3) is 0 Å². The van der Waals surface area contributed by atoms with Crippen molar-refractivity contribution in [2.75, 3.05) is 18.5 Å². The summed E-state index contributed by atoms with van der Waals surface area (Å²) < 4.78 is 26.9. The van der Waals surface area contributed by atoms with Crippen molar-refractivity contribution in [1.82, 2.24) is 15.3 Å². The lowest BCUT2D eigenvalue weighted by Gasteiger charge is -2.27. The van der Waals surface area contributed by atoms with Gasteiger partial charge in [-0.2, -0.15) is 8.42 Å². The summed E-state index contributed by atoms with van der Waals surface area (Å²) >= 11 is 7.70. The zero-order chi connectivity index (χ0) is 27.0. The molecule has 0 amide bonds. The number of carbonyl (C=O) groups excluding carboxylic acids is 1. The predicted octanol–water partition coefficient (Wildman–Crippen LogP) is 2.74. The van der Waals surface area contributed by atoms with E-state index in [0.29, 0.717) is 28.6 Å². The molecule has 3 heterocycles. The molecule has 5 N–H and O–H groups in total. The fourth-order valence-corrected chi connectivity index (χ4v) is 6.76. The van der Waals surface area contributed by atoms with Gasteiger partial charge >= 0.3 is 10.3 Å². The van der Waals surface area contributed by atoms with Crippen LogP contribution in [0.15, 0.2) is 36.8 Å². The van der Waals surface area contributed by atoms with Gasteiger partial charge in [0.2, 0.25) is 5.78 Å². The van der Waals surface area contributed by atoms with Crippen molar-refractivity contribution in [2.24, 2.45) is 11.1 Å². The highest BCUT2D eigenvalue weighted by Gasteiger charge is 2.36. The number of ketones is 1. The van der Waals surface area contributed by atoms with E-state index in [0.717, 1.165) is 29.0 Å². The van der Waals surface area contributed by atoms with E-state index in [1.807, 2.05) is 25.1 Å². The Morgan fingerprint density at radius 2 is 2.13 bits per heavy atom. The largest absolute Gasteiger partial charge is 0.391 e. The van der Waals surface area contributed by atoms with E-state index in [-0.39, 0.29) is 24.0 Å². The van der Waals surface area contributed by atoms with Crippen LogP contribution in [0.2, 0.25) is 5.02 Å². The quantitative estimate of drug-likeness (QED) is 0.295. The molecule has 0 bridgehead atoms. The molecule has 2 aromatic heterocycles. The Balaban J connectivity index is 1.36. The second-order valence-corrected chi connectivity index (χ2v) is 12.5. The van der Waals surface area contributed by atoms with Gasteiger partial charge < -0.3 is 15.7 Å². The van der Waals surface area contributed by atoms with E-state index in [1.54, 1.807) is 0 Å². The van der Waals surface area contributed by atoms with E-state index in [9.17, 15) is 18.3 Å². The van der Waals surface area contributed by atoms with Gasteiger partial charge in [0, 0.05) is 28.6 Å². The molecule has 0 spiro atoms. The monoisotopic (exact) mass is 577 g/mol. The van der Waals surface area contributed by atoms with Gasteiger partial charge in [-0.05, 0) is 61.1 Å². The highest BCUT2D eigenvalue weighted by atomic mass is 35.5. The number of hydrogen-bond acceptors (Lipinski definition) is 10. The molecular formula is C25H28ClN5O5S2. The first-order valence-electron chi connectivity index (χ1n) is 12.2. The number of fused-ring (bicyclic) bond motifs is 1. The van der Waals surface area contributed by atoms with Crippen LogP contribution in [0.3, 0.4) is 0 Å². The van der Waals surface area contributed by atoms with E-state index in [1.165, 1.54) is 29.4 Å². The van der Waals surface area contributed by atoms with Crippen molar-refractivity contribution >= 4 is 44.8 Å². The Hall–Kier alpha value is -2.45. The second-order valence-electron chi connectivity index (χ2n) is 9.57. The number of aromatic nitrogens is 2. The molecule has 0 saturated heterocycles. The lowest BCUT2D eigenvalue weighted by Crippen LogP contribution is -2.35. The minimum Gasteiger partial charge on any atom is -0.391 e. The molecule has 1 aliphatic heterocycles. The third-order valence-electron chi connectivity index (χ3n) is 7.12. The molecule has 4 atom stereocenters. The number of anilines is 1. The van der Waals surface area contributed by atoms with Crippen molar-refractivity contribution in [2.45, 2.75) is 44.4 Å². The normalized spacial score (nSPS) is 23.3. The number of aliphatic hydroxyl groups excluding tert-OH is 1. The van der Waals surface area contributed by atoms with Crippen LogP contribution < -0.4 is 15.8 Å². The predicted molar refractivity (Wildman–Crippen MR) is 145 cm³/mol. The van der Waals surface area contributed by atoms with E-state index < -0.39 is 28.4 Å². The number of hydrogen-bond donors (Lipinski definition) is 4. The minimum absolute atomic E-state index is 0.0648. The van der Waals surface area contributed by atoms with Gasteiger partial charge in [-0.15, -0.1) is 11.3 Å². The van der Waals surface area contributed by atoms with Crippen LogP contribution in [0.1, 0.15) is 55.7 Å². The SMILES string of the molecule is Cc1sc(C(=O)c2cncnc2NC2CC[C@H](COS(N)(=O)=O)[C@H]2O)cc1[C@@H]1NCCc2ccc(Cl)cc21. The molecule has 1 saturated carbocycles. The van der Waals surface area contributed by atoms with Gasteiger partial charge in [-0.25, -0.2) is 15.1 Å². The van der Waals surface area contributed by atoms with Gasteiger partial charge in [0.1, 0.15) is 12.1 Å². The fourth-order valence-electron chi connectivity index (χ4n) is 5.20. The van der Waals surface area contributed by atoms with Crippen molar-refractivity contribution in [3.63, 3.8) is 0 Å². The third kappa shape index (κ3) is 5.76. The number of nitrogens with zero attached hydrogens (tertiary/aromatic N) is 2. The molecule has 38 heavy (non-hydrogen) atoms. The number of benzene rings is 1. The van der Waals surface area contributed by atoms with Crippen molar-refractivity contribution < 1.29 is 22.5 Å². The molecule has 5 rings (SSSR count). The maximum atomic E-state index is 13.6. The van der Waals surface area contributed by atoms with Gasteiger partial charge in [-0.1, -0.05) is 17.7 Å². The number of aryl methyl sites for hydroxylation is 1. The first-order valence-corrected chi connectivity index (χ1v) is 14.9. The third-order valence-corrected chi connectivity index (χ3v) is 8.89. The topological polar surface area (TPSA) is 157 Å². The van der Waals surface area contributed by atoms with Crippen LogP contribution in [0, 0.1) is 12.8 Å². The number of carbonyl (C=O) groups is 1. The van der Waals surface area contributed by atoms with Crippen LogP contribution in [0.25, 0.3) is 0 Å². The van der Waals surface area contributed by atoms with Crippen LogP contribution >= 0.6 is 22.9 Å². The number of nitrogens with two attached hydrogens (primary N) is 1. The molecule has 10 nitrogen and oxygen atoms in total. The smallest absolute Gasteiger partial charge is 0.333 e. The number of rotatable bonds is 8.